The Morgan fingerprint density at radius 3 is 2.63 bits per heavy atom. The molecule has 0 aliphatic rings. The summed E-state index contributed by atoms with van der Waals surface area (Å²) < 4.78 is 13.5. The van der Waals surface area contributed by atoms with Crippen molar-refractivity contribution in [1.82, 2.24) is 0 Å². The number of aromatic hydroxyl groups is 1. The fraction of sp³-hybridized carbons (Fsp3) is 0. The second kappa shape index (κ2) is 5.43. The topological polar surface area (TPSA) is 75.3 Å². The Balaban J connectivity index is 2.23. The average Bonchev–Trinajstić information content (AvgIpc) is 2.36. The largest absolute Gasteiger partial charge is 0.507 e. The van der Waals surface area contributed by atoms with Crippen molar-refractivity contribution < 1.29 is 14.3 Å². The maximum Gasteiger partial charge on any atom is 0.255 e. The number of hydrogen-bond donors (Lipinski definition) is 3. The third-order valence-corrected chi connectivity index (χ3v) is 3.38. The number of nitrogen functional groups attached to an aromatic ring is 1. The van der Waals surface area contributed by atoms with E-state index in [0.717, 1.165) is 6.07 Å². The smallest absolute Gasteiger partial charge is 0.255 e. The van der Waals surface area contributed by atoms with Crippen molar-refractivity contribution in [2.45, 2.75) is 0 Å². The van der Waals surface area contributed by atoms with Crippen molar-refractivity contribution in [2.24, 2.45) is 0 Å². The van der Waals surface area contributed by atoms with Crippen LogP contribution in [0.25, 0.3) is 0 Å². The molecule has 2 aromatic rings. The number of amides is 1. The molecule has 0 saturated heterocycles. The first-order valence-corrected chi connectivity index (χ1v) is 6.40. The quantitative estimate of drug-likeness (QED) is 0.561. The molecule has 0 unspecified atom stereocenters. The van der Waals surface area contributed by atoms with Crippen LogP contribution in [-0.4, -0.2) is 11.0 Å². The predicted molar refractivity (Wildman–Crippen MR) is 79.6 cm³/mol. The molecule has 0 aliphatic carbocycles. The lowest BCUT2D eigenvalue weighted by Gasteiger charge is -2.08. The summed E-state index contributed by atoms with van der Waals surface area (Å²) in [6.45, 7) is 0. The van der Waals surface area contributed by atoms with Gasteiger partial charge in [-0.15, -0.1) is 0 Å². The lowest BCUT2D eigenvalue weighted by Crippen LogP contribution is -2.13. The van der Waals surface area contributed by atoms with Crippen LogP contribution in [0.5, 0.6) is 5.75 Å². The summed E-state index contributed by atoms with van der Waals surface area (Å²) in [5.74, 6) is -0.868. The van der Waals surface area contributed by atoms with Crippen molar-refractivity contribution in [3.05, 3.63) is 51.3 Å². The summed E-state index contributed by atoms with van der Waals surface area (Å²) in [6.07, 6.45) is 0. The molecule has 4 nitrogen and oxygen atoms in total. The molecule has 2 rings (SSSR count). The van der Waals surface area contributed by atoms with Crippen molar-refractivity contribution in [3.63, 3.8) is 0 Å². The second-order valence-electron chi connectivity index (χ2n) is 3.85. The number of nitrogens with one attached hydrogen (secondary N) is 1. The minimum atomic E-state index is -0.470. The summed E-state index contributed by atoms with van der Waals surface area (Å²) in [5.41, 5.74) is 6.35. The van der Waals surface area contributed by atoms with E-state index in [1.54, 1.807) is 12.1 Å². The Hall–Kier alpha value is -1.83. The third kappa shape index (κ3) is 3.14. The Morgan fingerprint density at radius 1 is 1.26 bits per heavy atom. The first-order valence-electron chi connectivity index (χ1n) is 5.32. The summed E-state index contributed by atoms with van der Waals surface area (Å²) in [5, 5.41) is 12.1. The average molecular weight is 372 g/mol. The van der Waals surface area contributed by atoms with E-state index in [9.17, 15) is 14.3 Å². The van der Waals surface area contributed by atoms with Crippen LogP contribution in [-0.2, 0) is 0 Å². The molecule has 4 N–H and O–H groups in total. The molecular formula is C13H10FIN2O2. The van der Waals surface area contributed by atoms with E-state index < -0.39 is 11.7 Å². The highest BCUT2D eigenvalue weighted by atomic mass is 127. The van der Waals surface area contributed by atoms with Crippen LogP contribution >= 0.6 is 22.6 Å². The number of halogens is 2. The van der Waals surface area contributed by atoms with Gasteiger partial charge in [0, 0.05) is 5.56 Å². The summed E-state index contributed by atoms with van der Waals surface area (Å²) in [4.78, 5) is 11.9. The molecule has 0 aliphatic heterocycles. The molecule has 1 amide bonds. The molecule has 0 heterocycles. The van der Waals surface area contributed by atoms with Gasteiger partial charge in [0.2, 0.25) is 0 Å². The fourth-order valence-electron chi connectivity index (χ4n) is 1.50. The van der Waals surface area contributed by atoms with Crippen molar-refractivity contribution in [1.29, 1.82) is 0 Å². The number of anilines is 2. The molecule has 0 bridgehead atoms. The number of nitrogens with two attached hydrogens (primary N) is 1. The van der Waals surface area contributed by atoms with Gasteiger partial charge in [-0.3, -0.25) is 4.79 Å². The van der Waals surface area contributed by atoms with Gasteiger partial charge in [0.05, 0.1) is 14.9 Å². The maximum atomic E-state index is 12.9. The second-order valence-corrected chi connectivity index (χ2v) is 5.01. The fourth-order valence-corrected chi connectivity index (χ4v) is 1.83. The molecule has 98 valence electrons. The molecule has 6 heteroatoms. The predicted octanol–water partition coefficient (Wildman–Crippen LogP) is 2.97. The van der Waals surface area contributed by atoms with Gasteiger partial charge in [-0.2, -0.15) is 0 Å². The summed E-state index contributed by atoms with van der Waals surface area (Å²) >= 11 is 1.95. The monoisotopic (exact) mass is 372 g/mol. The van der Waals surface area contributed by atoms with Crippen LogP contribution in [0.15, 0.2) is 36.4 Å². The summed E-state index contributed by atoms with van der Waals surface area (Å²) in [7, 11) is 0. The molecule has 0 radical (unpaired) electrons. The van der Waals surface area contributed by atoms with Gasteiger partial charge in [-0.25, -0.2) is 4.39 Å². The van der Waals surface area contributed by atoms with E-state index in [1.165, 1.54) is 18.2 Å². The van der Waals surface area contributed by atoms with Gasteiger partial charge >= 0.3 is 0 Å². The normalized spacial score (nSPS) is 10.2. The number of carbonyl (C=O) groups excluding carboxylic acids is 1. The molecule has 0 saturated carbocycles. The maximum absolute atomic E-state index is 12.9. The highest BCUT2D eigenvalue weighted by molar-refractivity contribution is 14.1. The van der Waals surface area contributed by atoms with Gasteiger partial charge < -0.3 is 16.2 Å². The highest BCUT2D eigenvalue weighted by Gasteiger charge is 2.10. The van der Waals surface area contributed by atoms with E-state index >= 15 is 0 Å². The van der Waals surface area contributed by atoms with E-state index in [-0.39, 0.29) is 11.4 Å². The van der Waals surface area contributed by atoms with Crippen molar-refractivity contribution >= 4 is 39.9 Å². The number of phenolic OH excluding ortho intramolecular Hbond substituents is 1. The zero-order chi connectivity index (χ0) is 14.0. The van der Waals surface area contributed by atoms with Gasteiger partial charge in [0.1, 0.15) is 11.6 Å². The van der Waals surface area contributed by atoms with E-state index in [2.05, 4.69) is 5.32 Å². The Bertz CT molecular complexity index is 647. The molecule has 0 spiro atoms. The lowest BCUT2D eigenvalue weighted by molar-refractivity contribution is 0.102. The van der Waals surface area contributed by atoms with E-state index in [4.69, 9.17) is 5.73 Å². The lowest BCUT2D eigenvalue weighted by atomic mass is 10.2. The minimum absolute atomic E-state index is 0.0281. The summed E-state index contributed by atoms with van der Waals surface area (Å²) in [6, 6.07) is 8.28. The van der Waals surface area contributed by atoms with Gasteiger partial charge in [-0.1, -0.05) is 0 Å². The van der Waals surface area contributed by atoms with Gasteiger partial charge in [0.15, 0.2) is 0 Å². The Kier molecular flexibility index (Phi) is 3.89. The van der Waals surface area contributed by atoms with Crippen LogP contribution in [0, 0.1) is 9.39 Å². The first kappa shape index (κ1) is 13.6. The van der Waals surface area contributed by atoms with E-state index in [1.807, 2.05) is 22.6 Å². The van der Waals surface area contributed by atoms with E-state index in [0.29, 0.717) is 14.8 Å². The standard InChI is InChI=1S/C13H10FIN2O2/c14-8-2-4-11(10(16)6-8)17-13(19)7-1-3-9(15)12(18)5-7/h1-6,18H,16H2,(H,17,19). The van der Waals surface area contributed by atoms with Crippen molar-refractivity contribution in [2.75, 3.05) is 11.1 Å². The molecule has 0 atom stereocenters. The SMILES string of the molecule is Nc1cc(F)ccc1NC(=O)c1ccc(I)c(O)c1. The van der Waals surface area contributed by atoms with Crippen LogP contribution in [0.2, 0.25) is 0 Å². The number of benzene rings is 2. The minimum Gasteiger partial charge on any atom is -0.507 e. The third-order valence-electron chi connectivity index (χ3n) is 2.47. The molecule has 0 fully saturated rings. The number of rotatable bonds is 2. The Morgan fingerprint density at radius 2 is 2.00 bits per heavy atom. The number of carbonyl (C=O) groups is 1. The van der Waals surface area contributed by atoms with Crippen LogP contribution in [0.4, 0.5) is 15.8 Å². The van der Waals surface area contributed by atoms with Gasteiger partial charge in [0.25, 0.3) is 5.91 Å². The number of phenols is 1. The zero-order valence-electron chi connectivity index (χ0n) is 9.65. The first-order chi connectivity index (χ1) is 8.97. The zero-order valence-corrected chi connectivity index (χ0v) is 11.8. The van der Waals surface area contributed by atoms with Crippen LogP contribution in [0.1, 0.15) is 10.4 Å². The molecular weight excluding hydrogens is 362 g/mol. The van der Waals surface area contributed by atoms with Crippen molar-refractivity contribution in [3.8, 4) is 5.75 Å². The van der Waals surface area contributed by atoms with Gasteiger partial charge in [-0.05, 0) is 59.0 Å². The molecule has 0 aromatic heterocycles. The highest BCUT2D eigenvalue weighted by Crippen LogP contribution is 2.23. The number of hydrogen-bond acceptors (Lipinski definition) is 3. The molecule has 2 aromatic carbocycles. The molecule has 19 heavy (non-hydrogen) atoms. The van der Waals surface area contributed by atoms with Crippen LogP contribution < -0.4 is 11.1 Å². The Labute approximate surface area is 122 Å². The van der Waals surface area contributed by atoms with Crippen LogP contribution in [0.3, 0.4) is 0 Å².